The summed E-state index contributed by atoms with van der Waals surface area (Å²) >= 11 is 0. The van der Waals surface area contributed by atoms with Crippen molar-refractivity contribution in [2.45, 2.75) is 238 Å². The number of unbranched alkanes of at least 4 members (excludes halogenated alkanes) is 26. The molecule has 64 heavy (non-hydrogen) atoms. The molecule has 0 aliphatic carbocycles. The molecule has 0 saturated carbocycles. The number of carbonyl (C=O) groups excluding carboxylic acids is 2. The molecular formula is C54H100NO8P. The van der Waals surface area contributed by atoms with Gasteiger partial charge in [0, 0.05) is 12.8 Å². The fourth-order valence-electron chi connectivity index (χ4n) is 7.19. The topological polar surface area (TPSA) is 111 Å². The van der Waals surface area contributed by atoms with Crippen molar-refractivity contribution in [3.05, 3.63) is 48.6 Å². The molecule has 0 rings (SSSR count). The molecule has 0 amide bonds. The third-order valence-corrected chi connectivity index (χ3v) is 12.3. The van der Waals surface area contributed by atoms with Crippen LogP contribution in [0.4, 0.5) is 0 Å². The number of likely N-dealkylation sites (N-methyl/N-ethyl adjacent to an activating group) is 1. The molecule has 0 N–H and O–H groups in total. The lowest BCUT2D eigenvalue weighted by atomic mass is 10.1. The lowest BCUT2D eigenvalue weighted by molar-refractivity contribution is -0.870. The summed E-state index contributed by atoms with van der Waals surface area (Å²) in [6.45, 7) is 4.21. The smallest absolute Gasteiger partial charge is 0.306 e. The maximum absolute atomic E-state index is 12.7. The van der Waals surface area contributed by atoms with Crippen LogP contribution in [-0.2, 0) is 32.7 Å². The number of allylic oxidation sites excluding steroid dienone is 8. The van der Waals surface area contributed by atoms with Gasteiger partial charge < -0.3 is 27.9 Å². The maximum Gasteiger partial charge on any atom is 0.306 e. The van der Waals surface area contributed by atoms with Gasteiger partial charge in [-0.15, -0.1) is 0 Å². The molecule has 10 heteroatoms. The van der Waals surface area contributed by atoms with E-state index in [1.165, 1.54) is 128 Å². The SMILES string of the molecule is CCCCC/C=C\C/C=C\C/C=C\CCCCCCCCC(=O)OC(COC(=O)CCCCCCCCCCC/C=C\CCCCCCCCCC)COP(=O)([O-])OCC[N+](C)(C)C. The normalized spacial score (nSPS) is 13.8. The molecular weight excluding hydrogens is 822 g/mol. The molecule has 9 nitrogen and oxygen atoms in total. The van der Waals surface area contributed by atoms with Gasteiger partial charge in [-0.1, -0.05) is 191 Å². The van der Waals surface area contributed by atoms with Crippen molar-refractivity contribution >= 4 is 19.8 Å². The Hall–Kier alpha value is -2.03. The van der Waals surface area contributed by atoms with Crippen molar-refractivity contribution in [3.63, 3.8) is 0 Å². The summed E-state index contributed by atoms with van der Waals surface area (Å²) in [6.07, 6.45) is 55.7. The number of esters is 2. The molecule has 0 aliphatic rings. The summed E-state index contributed by atoms with van der Waals surface area (Å²) in [4.78, 5) is 37.7. The van der Waals surface area contributed by atoms with Gasteiger partial charge in [-0.05, 0) is 77.0 Å². The average Bonchev–Trinajstić information content (AvgIpc) is 3.25. The third-order valence-electron chi connectivity index (χ3n) is 11.3. The molecule has 0 aliphatic heterocycles. The number of ether oxygens (including phenoxy) is 2. The Labute approximate surface area is 394 Å². The average molecular weight is 922 g/mol. The van der Waals surface area contributed by atoms with Crippen LogP contribution in [0.1, 0.15) is 232 Å². The molecule has 0 aromatic carbocycles. The van der Waals surface area contributed by atoms with E-state index < -0.39 is 26.5 Å². The van der Waals surface area contributed by atoms with E-state index in [9.17, 15) is 19.0 Å². The molecule has 0 spiro atoms. The van der Waals surface area contributed by atoms with Gasteiger partial charge in [-0.3, -0.25) is 14.2 Å². The number of phosphoric acid groups is 1. The first-order valence-electron chi connectivity index (χ1n) is 26.3. The highest BCUT2D eigenvalue weighted by atomic mass is 31.2. The summed E-state index contributed by atoms with van der Waals surface area (Å²) in [5, 5.41) is 0. The van der Waals surface area contributed by atoms with Gasteiger partial charge in [0.2, 0.25) is 0 Å². The van der Waals surface area contributed by atoms with E-state index in [0.29, 0.717) is 17.4 Å². The molecule has 0 saturated heterocycles. The Balaban J connectivity index is 4.26. The highest BCUT2D eigenvalue weighted by Gasteiger charge is 2.21. The second-order valence-electron chi connectivity index (χ2n) is 18.9. The van der Waals surface area contributed by atoms with Gasteiger partial charge >= 0.3 is 11.9 Å². The monoisotopic (exact) mass is 922 g/mol. The standard InChI is InChI=1S/C54H100NO8P/c1-6-8-10-12-14-16-18-20-22-24-26-27-29-30-32-34-36-38-40-42-44-46-53(56)60-50-52(51-62-64(58,59)61-49-48-55(3,4)5)63-54(57)47-45-43-41-39-37-35-33-31-28-25-23-21-19-17-15-13-11-9-7-2/h15,17,21,23-24,26,28,31,52H,6-14,16,18-20,22,25,27,29-30,32-51H2,1-5H3/b17-15-,23-21-,26-24-,31-28-. The lowest BCUT2D eigenvalue weighted by Crippen LogP contribution is -2.37. The number of hydrogen-bond acceptors (Lipinski definition) is 8. The first-order valence-corrected chi connectivity index (χ1v) is 27.8. The molecule has 0 bridgehead atoms. The van der Waals surface area contributed by atoms with Crippen LogP contribution in [0.5, 0.6) is 0 Å². The Bertz CT molecular complexity index is 1230. The van der Waals surface area contributed by atoms with E-state index in [2.05, 4.69) is 62.5 Å². The van der Waals surface area contributed by atoms with E-state index in [1.54, 1.807) is 0 Å². The van der Waals surface area contributed by atoms with Crippen LogP contribution < -0.4 is 4.89 Å². The van der Waals surface area contributed by atoms with Crippen LogP contribution in [0.15, 0.2) is 48.6 Å². The van der Waals surface area contributed by atoms with Crippen LogP contribution in [0.25, 0.3) is 0 Å². The molecule has 374 valence electrons. The van der Waals surface area contributed by atoms with Gasteiger partial charge in [0.05, 0.1) is 27.7 Å². The van der Waals surface area contributed by atoms with Crippen molar-refractivity contribution in [1.29, 1.82) is 0 Å². The maximum atomic E-state index is 12.7. The van der Waals surface area contributed by atoms with E-state index in [1.807, 2.05) is 21.1 Å². The number of quaternary nitrogens is 1. The van der Waals surface area contributed by atoms with Gasteiger partial charge in [0.25, 0.3) is 7.82 Å². The number of phosphoric ester groups is 1. The van der Waals surface area contributed by atoms with Crippen LogP contribution in [0.3, 0.4) is 0 Å². The predicted molar refractivity (Wildman–Crippen MR) is 268 cm³/mol. The minimum atomic E-state index is -4.64. The van der Waals surface area contributed by atoms with E-state index in [4.69, 9.17) is 18.5 Å². The molecule has 0 heterocycles. The van der Waals surface area contributed by atoms with Crippen molar-refractivity contribution in [2.24, 2.45) is 0 Å². The molecule has 0 radical (unpaired) electrons. The summed E-state index contributed by atoms with van der Waals surface area (Å²) < 4.78 is 34.1. The zero-order valence-electron chi connectivity index (χ0n) is 42.2. The highest BCUT2D eigenvalue weighted by molar-refractivity contribution is 7.45. The first kappa shape index (κ1) is 62.0. The zero-order valence-corrected chi connectivity index (χ0v) is 43.1. The molecule has 0 aromatic rings. The minimum absolute atomic E-state index is 0.0348. The van der Waals surface area contributed by atoms with E-state index >= 15 is 0 Å². The summed E-state index contributed by atoms with van der Waals surface area (Å²) in [5.74, 6) is -0.846. The largest absolute Gasteiger partial charge is 0.756 e. The van der Waals surface area contributed by atoms with Gasteiger partial charge in [0.15, 0.2) is 6.10 Å². The Morgan fingerprint density at radius 1 is 0.484 bits per heavy atom. The fourth-order valence-corrected chi connectivity index (χ4v) is 7.92. The van der Waals surface area contributed by atoms with E-state index in [-0.39, 0.29) is 32.0 Å². The van der Waals surface area contributed by atoms with E-state index in [0.717, 1.165) is 70.6 Å². The molecule has 0 fully saturated rings. The van der Waals surface area contributed by atoms with Gasteiger partial charge in [-0.2, -0.15) is 0 Å². The fraction of sp³-hybridized carbons (Fsp3) is 0.815. The Kier molecular flexibility index (Phi) is 44.6. The van der Waals surface area contributed by atoms with Crippen LogP contribution in [-0.4, -0.2) is 70.0 Å². The van der Waals surface area contributed by atoms with Crippen molar-refractivity contribution in [3.8, 4) is 0 Å². The quantitative estimate of drug-likeness (QED) is 0.0195. The minimum Gasteiger partial charge on any atom is -0.756 e. The summed E-state index contributed by atoms with van der Waals surface area (Å²) in [6, 6.07) is 0. The first-order chi connectivity index (χ1) is 31.0. The lowest BCUT2D eigenvalue weighted by Gasteiger charge is -2.28. The molecule has 0 aromatic heterocycles. The van der Waals surface area contributed by atoms with Crippen LogP contribution in [0, 0.1) is 0 Å². The number of nitrogens with zero attached hydrogens (tertiary/aromatic N) is 1. The van der Waals surface area contributed by atoms with Gasteiger partial charge in [0.1, 0.15) is 19.8 Å². The Morgan fingerprint density at radius 2 is 0.844 bits per heavy atom. The van der Waals surface area contributed by atoms with Crippen molar-refractivity contribution < 1.29 is 42.1 Å². The predicted octanol–water partition coefficient (Wildman–Crippen LogP) is 15.2. The zero-order chi connectivity index (χ0) is 47.1. The van der Waals surface area contributed by atoms with Crippen LogP contribution in [0.2, 0.25) is 0 Å². The van der Waals surface area contributed by atoms with Crippen molar-refractivity contribution in [1.82, 2.24) is 0 Å². The molecule has 2 unspecified atom stereocenters. The third kappa shape index (κ3) is 49.4. The number of carbonyl (C=O) groups is 2. The Morgan fingerprint density at radius 3 is 1.30 bits per heavy atom. The highest BCUT2D eigenvalue weighted by Crippen LogP contribution is 2.38. The molecule has 2 atom stereocenters. The van der Waals surface area contributed by atoms with Crippen molar-refractivity contribution in [2.75, 3.05) is 47.5 Å². The van der Waals surface area contributed by atoms with Crippen LogP contribution >= 0.6 is 7.82 Å². The number of rotatable bonds is 48. The second kappa shape index (κ2) is 46.1. The number of hydrogen-bond donors (Lipinski definition) is 0. The summed E-state index contributed by atoms with van der Waals surface area (Å²) in [5.41, 5.74) is 0. The summed E-state index contributed by atoms with van der Waals surface area (Å²) in [7, 11) is 1.16. The van der Waals surface area contributed by atoms with Gasteiger partial charge in [-0.25, -0.2) is 0 Å². The second-order valence-corrected chi connectivity index (χ2v) is 20.3.